The molecule has 0 aliphatic carbocycles. The Morgan fingerprint density at radius 1 is 1.04 bits per heavy atom. The van der Waals surface area contributed by atoms with Gasteiger partial charge in [-0.25, -0.2) is 8.42 Å². The highest BCUT2D eigenvalue weighted by molar-refractivity contribution is 7.92. The van der Waals surface area contributed by atoms with Crippen LogP contribution in [0, 0.1) is 0 Å². The van der Waals surface area contributed by atoms with Gasteiger partial charge in [0, 0.05) is 17.9 Å². The second-order valence-corrected chi connectivity index (χ2v) is 8.16. The van der Waals surface area contributed by atoms with Crippen LogP contribution in [0.15, 0.2) is 53.4 Å². The molecule has 2 aromatic rings. The van der Waals surface area contributed by atoms with E-state index >= 15 is 0 Å². The maximum atomic E-state index is 12.5. The molecule has 1 aliphatic heterocycles. The molecule has 0 saturated carbocycles. The smallest absolute Gasteiger partial charge is 0.261 e. The number of benzene rings is 2. The molecule has 0 spiro atoms. The summed E-state index contributed by atoms with van der Waals surface area (Å²) in [6.07, 6.45) is 0. The first kappa shape index (κ1) is 18.4. The Kier molecular flexibility index (Phi) is 5.29. The molecule has 1 amide bonds. The zero-order valence-corrected chi connectivity index (χ0v) is 15.6. The number of rotatable bonds is 5. The van der Waals surface area contributed by atoms with Gasteiger partial charge in [0.05, 0.1) is 11.5 Å². The highest BCUT2D eigenvalue weighted by atomic mass is 32.2. The number of sulfonamides is 1. The third kappa shape index (κ3) is 4.05. The van der Waals surface area contributed by atoms with E-state index < -0.39 is 10.0 Å². The van der Waals surface area contributed by atoms with E-state index in [1.807, 2.05) is 12.1 Å². The number of amides is 1. The standard InChI is InChI=1S/C19H22N2O4S/c1-14(2)15-3-9-18(10-4-15)26(23,24)20-16-5-7-17(8-6-16)21-11-12-25-13-19(21)22/h3-10,14,20H,11-13H2,1-2H3. The number of anilines is 2. The van der Waals surface area contributed by atoms with Crippen molar-refractivity contribution in [2.45, 2.75) is 24.7 Å². The molecule has 0 radical (unpaired) electrons. The number of hydrogen-bond donors (Lipinski definition) is 1. The number of ether oxygens (including phenoxy) is 1. The zero-order valence-electron chi connectivity index (χ0n) is 14.8. The van der Waals surface area contributed by atoms with Crippen LogP contribution in [0.25, 0.3) is 0 Å². The molecule has 0 atom stereocenters. The van der Waals surface area contributed by atoms with Crippen molar-refractivity contribution in [3.8, 4) is 0 Å². The number of carbonyl (C=O) groups is 1. The van der Waals surface area contributed by atoms with Crippen LogP contribution >= 0.6 is 0 Å². The minimum absolute atomic E-state index is 0.0702. The topological polar surface area (TPSA) is 75.7 Å². The van der Waals surface area contributed by atoms with E-state index in [9.17, 15) is 13.2 Å². The van der Waals surface area contributed by atoms with Crippen LogP contribution in [0.4, 0.5) is 11.4 Å². The number of nitrogens with zero attached hydrogens (tertiary/aromatic N) is 1. The van der Waals surface area contributed by atoms with Crippen molar-refractivity contribution in [2.24, 2.45) is 0 Å². The molecule has 7 heteroatoms. The fraction of sp³-hybridized carbons (Fsp3) is 0.316. The second-order valence-electron chi connectivity index (χ2n) is 6.47. The number of carbonyl (C=O) groups excluding carboxylic acids is 1. The first-order valence-electron chi connectivity index (χ1n) is 8.48. The van der Waals surface area contributed by atoms with E-state index in [-0.39, 0.29) is 17.4 Å². The lowest BCUT2D eigenvalue weighted by atomic mass is 10.0. The highest BCUT2D eigenvalue weighted by Crippen LogP contribution is 2.23. The van der Waals surface area contributed by atoms with Gasteiger partial charge in [0.15, 0.2) is 0 Å². The van der Waals surface area contributed by atoms with E-state index in [0.717, 1.165) is 11.3 Å². The van der Waals surface area contributed by atoms with Gasteiger partial charge in [0.25, 0.3) is 15.9 Å². The first-order chi connectivity index (χ1) is 12.4. The Morgan fingerprint density at radius 2 is 1.69 bits per heavy atom. The Labute approximate surface area is 153 Å². The SMILES string of the molecule is CC(C)c1ccc(S(=O)(=O)Nc2ccc(N3CCOCC3=O)cc2)cc1. The monoisotopic (exact) mass is 374 g/mol. The van der Waals surface area contributed by atoms with Crippen molar-refractivity contribution >= 4 is 27.3 Å². The van der Waals surface area contributed by atoms with Gasteiger partial charge >= 0.3 is 0 Å². The van der Waals surface area contributed by atoms with Gasteiger partial charge in [-0.1, -0.05) is 26.0 Å². The summed E-state index contributed by atoms with van der Waals surface area (Å²) in [4.78, 5) is 13.7. The van der Waals surface area contributed by atoms with E-state index in [0.29, 0.717) is 24.8 Å². The summed E-state index contributed by atoms with van der Waals surface area (Å²) in [5.74, 6) is 0.241. The van der Waals surface area contributed by atoms with Crippen LogP contribution in [-0.2, 0) is 19.6 Å². The van der Waals surface area contributed by atoms with Crippen LogP contribution in [0.5, 0.6) is 0 Å². The molecule has 26 heavy (non-hydrogen) atoms. The molecule has 1 fully saturated rings. The first-order valence-corrected chi connectivity index (χ1v) is 9.96. The molecule has 0 unspecified atom stereocenters. The molecular formula is C19H22N2O4S. The van der Waals surface area contributed by atoms with Gasteiger partial charge in [0.2, 0.25) is 0 Å². The molecular weight excluding hydrogens is 352 g/mol. The summed E-state index contributed by atoms with van der Waals surface area (Å²) in [6.45, 7) is 5.17. The molecule has 0 aromatic heterocycles. The average molecular weight is 374 g/mol. The van der Waals surface area contributed by atoms with E-state index in [1.165, 1.54) is 0 Å². The summed E-state index contributed by atoms with van der Waals surface area (Å²) in [7, 11) is -3.65. The van der Waals surface area contributed by atoms with Crippen LogP contribution in [0.3, 0.4) is 0 Å². The van der Waals surface area contributed by atoms with Crippen molar-refractivity contribution in [3.05, 3.63) is 54.1 Å². The maximum Gasteiger partial charge on any atom is 0.261 e. The van der Waals surface area contributed by atoms with Crippen LogP contribution in [0.2, 0.25) is 0 Å². The summed E-state index contributed by atoms with van der Waals surface area (Å²) >= 11 is 0. The molecule has 3 rings (SSSR count). The predicted octanol–water partition coefficient (Wildman–Crippen LogP) is 2.97. The summed E-state index contributed by atoms with van der Waals surface area (Å²) in [6, 6.07) is 13.6. The van der Waals surface area contributed by atoms with Gasteiger partial charge < -0.3 is 9.64 Å². The number of nitrogens with one attached hydrogen (secondary N) is 1. The van der Waals surface area contributed by atoms with E-state index in [2.05, 4.69) is 18.6 Å². The van der Waals surface area contributed by atoms with Crippen LogP contribution < -0.4 is 9.62 Å². The molecule has 138 valence electrons. The third-order valence-electron chi connectivity index (χ3n) is 4.27. The van der Waals surface area contributed by atoms with Gasteiger partial charge in [-0.05, 0) is 47.9 Å². The maximum absolute atomic E-state index is 12.5. The van der Waals surface area contributed by atoms with E-state index in [1.54, 1.807) is 41.3 Å². The lowest BCUT2D eigenvalue weighted by molar-refractivity contribution is -0.125. The lowest BCUT2D eigenvalue weighted by Crippen LogP contribution is -2.41. The normalized spacial score (nSPS) is 15.3. The predicted molar refractivity (Wildman–Crippen MR) is 101 cm³/mol. The minimum atomic E-state index is -3.65. The summed E-state index contributed by atoms with van der Waals surface area (Å²) in [5, 5.41) is 0. The Hall–Kier alpha value is -2.38. The molecule has 0 bridgehead atoms. The van der Waals surface area contributed by atoms with Crippen molar-refractivity contribution in [2.75, 3.05) is 29.4 Å². The van der Waals surface area contributed by atoms with Gasteiger partial charge in [0.1, 0.15) is 6.61 Å². The van der Waals surface area contributed by atoms with Crippen molar-refractivity contribution in [1.82, 2.24) is 0 Å². The average Bonchev–Trinajstić information content (AvgIpc) is 2.63. The quantitative estimate of drug-likeness (QED) is 0.873. The molecule has 6 nitrogen and oxygen atoms in total. The number of morpholine rings is 1. The fourth-order valence-electron chi connectivity index (χ4n) is 2.75. The van der Waals surface area contributed by atoms with Crippen LogP contribution in [-0.4, -0.2) is 34.1 Å². The molecule has 1 heterocycles. The third-order valence-corrected chi connectivity index (χ3v) is 5.67. The lowest BCUT2D eigenvalue weighted by Gasteiger charge is -2.26. The van der Waals surface area contributed by atoms with Crippen molar-refractivity contribution in [3.63, 3.8) is 0 Å². The second kappa shape index (κ2) is 7.47. The largest absolute Gasteiger partial charge is 0.370 e. The van der Waals surface area contributed by atoms with Crippen LogP contribution in [0.1, 0.15) is 25.3 Å². The minimum Gasteiger partial charge on any atom is -0.370 e. The molecule has 1 N–H and O–H groups in total. The summed E-state index contributed by atoms with van der Waals surface area (Å²) < 4.78 is 32.7. The van der Waals surface area contributed by atoms with Gasteiger partial charge in [-0.15, -0.1) is 0 Å². The zero-order chi connectivity index (χ0) is 18.7. The van der Waals surface area contributed by atoms with Crippen molar-refractivity contribution in [1.29, 1.82) is 0 Å². The molecule has 2 aromatic carbocycles. The molecule has 1 aliphatic rings. The van der Waals surface area contributed by atoms with Gasteiger partial charge in [-0.2, -0.15) is 0 Å². The Balaban J connectivity index is 1.74. The number of hydrogen-bond acceptors (Lipinski definition) is 4. The van der Waals surface area contributed by atoms with Gasteiger partial charge in [-0.3, -0.25) is 9.52 Å². The fourth-order valence-corrected chi connectivity index (χ4v) is 3.81. The molecule has 1 saturated heterocycles. The van der Waals surface area contributed by atoms with Crippen molar-refractivity contribution < 1.29 is 17.9 Å². The summed E-state index contributed by atoms with van der Waals surface area (Å²) in [5.41, 5.74) is 2.26. The van der Waals surface area contributed by atoms with E-state index in [4.69, 9.17) is 4.74 Å². The Morgan fingerprint density at radius 3 is 2.27 bits per heavy atom. The Bertz CT molecular complexity index is 875. The highest BCUT2D eigenvalue weighted by Gasteiger charge is 2.20.